The van der Waals surface area contributed by atoms with Gasteiger partial charge in [-0.3, -0.25) is 0 Å². The lowest BCUT2D eigenvalue weighted by atomic mass is 9.79. The SMILES string of the molecule is CNC(C1=CCCCO1)C1CCc2ccccc2C1. The fourth-order valence-corrected chi connectivity index (χ4v) is 3.41. The number of benzene rings is 1. The molecule has 1 heterocycles. The van der Waals surface area contributed by atoms with Gasteiger partial charge in [-0.05, 0) is 62.3 Å². The molecule has 0 saturated heterocycles. The van der Waals surface area contributed by atoms with E-state index in [1.54, 1.807) is 0 Å². The summed E-state index contributed by atoms with van der Waals surface area (Å²) in [6.07, 6.45) is 8.23. The molecular formula is C17H23NO. The minimum atomic E-state index is 0.383. The smallest absolute Gasteiger partial charge is 0.109 e. The van der Waals surface area contributed by atoms with Gasteiger partial charge in [0, 0.05) is 0 Å². The van der Waals surface area contributed by atoms with Crippen LogP contribution in [0.15, 0.2) is 36.1 Å². The molecule has 0 fully saturated rings. The Kier molecular flexibility index (Phi) is 3.88. The minimum Gasteiger partial charge on any atom is -0.497 e. The van der Waals surface area contributed by atoms with Crippen molar-refractivity contribution >= 4 is 0 Å². The number of aryl methyl sites for hydroxylation is 1. The number of hydrogen-bond acceptors (Lipinski definition) is 2. The van der Waals surface area contributed by atoms with Crippen molar-refractivity contribution in [1.82, 2.24) is 5.32 Å². The van der Waals surface area contributed by atoms with Gasteiger partial charge in [-0.25, -0.2) is 0 Å². The predicted molar refractivity (Wildman–Crippen MR) is 78.1 cm³/mol. The van der Waals surface area contributed by atoms with Crippen molar-refractivity contribution in [3.05, 3.63) is 47.2 Å². The van der Waals surface area contributed by atoms with E-state index in [0.717, 1.165) is 19.4 Å². The van der Waals surface area contributed by atoms with E-state index < -0.39 is 0 Å². The van der Waals surface area contributed by atoms with Crippen molar-refractivity contribution in [2.45, 2.75) is 38.1 Å². The molecule has 0 bridgehead atoms. The molecule has 2 nitrogen and oxygen atoms in total. The van der Waals surface area contributed by atoms with Gasteiger partial charge in [-0.15, -0.1) is 0 Å². The highest BCUT2D eigenvalue weighted by Gasteiger charge is 2.29. The van der Waals surface area contributed by atoms with Crippen molar-refractivity contribution in [2.75, 3.05) is 13.7 Å². The number of likely N-dealkylation sites (N-methyl/N-ethyl adjacent to an activating group) is 1. The van der Waals surface area contributed by atoms with Crippen molar-refractivity contribution in [3.63, 3.8) is 0 Å². The lowest BCUT2D eigenvalue weighted by molar-refractivity contribution is 0.149. The maximum Gasteiger partial charge on any atom is 0.109 e. The van der Waals surface area contributed by atoms with Gasteiger partial charge in [0.05, 0.1) is 12.6 Å². The Balaban J connectivity index is 1.77. The highest BCUT2D eigenvalue weighted by molar-refractivity contribution is 5.30. The van der Waals surface area contributed by atoms with Gasteiger partial charge < -0.3 is 10.1 Å². The average molecular weight is 257 g/mol. The van der Waals surface area contributed by atoms with Crippen molar-refractivity contribution in [3.8, 4) is 0 Å². The van der Waals surface area contributed by atoms with E-state index in [4.69, 9.17) is 4.74 Å². The maximum absolute atomic E-state index is 5.87. The molecule has 0 amide bonds. The molecule has 3 rings (SSSR count). The van der Waals surface area contributed by atoms with Gasteiger partial charge in [0.15, 0.2) is 0 Å². The van der Waals surface area contributed by atoms with Crippen molar-refractivity contribution in [2.24, 2.45) is 5.92 Å². The number of allylic oxidation sites excluding steroid dienone is 1. The molecule has 1 N–H and O–H groups in total. The first-order chi connectivity index (χ1) is 9.38. The normalized spacial score (nSPS) is 24.1. The molecule has 102 valence electrons. The standard InChI is InChI=1S/C17H23NO/c1-18-17(16-8-4-5-11-19-16)15-10-9-13-6-2-3-7-14(13)12-15/h2-3,6-8,15,17-18H,4-5,9-12H2,1H3. The van der Waals surface area contributed by atoms with Gasteiger partial charge >= 0.3 is 0 Å². The number of ether oxygens (including phenoxy) is 1. The third kappa shape index (κ3) is 2.69. The maximum atomic E-state index is 5.87. The lowest BCUT2D eigenvalue weighted by Crippen LogP contribution is -2.39. The first kappa shape index (κ1) is 12.7. The number of nitrogens with one attached hydrogen (secondary N) is 1. The van der Waals surface area contributed by atoms with Crippen LogP contribution in [0.2, 0.25) is 0 Å². The van der Waals surface area contributed by atoms with Gasteiger partial charge in [-0.2, -0.15) is 0 Å². The summed E-state index contributed by atoms with van der Waals surface area (Å²) in [5.74, 6) is 1.84. The Morgan fingerprint density at radius 3 is 2.84 bits per heavy atom. The van der Waals surface area contributed by atoms with Crippen LogP contribution in [0.3, 0.4) is 0 Å². The van der Waals surface area contributed by atoms with Crippen molar-refractivity contribution in [1.29, 1.82) is 0 Å². The van der Waals surface area contributed by atoms with E-state index in [0.29, 0.717) is 12.0 Å². The molecule has 2 unspecified atom stereocenters. The summed E-state index contributed by atoms with van der Waals surface area (Å²) in [6, 6.07) is 9.25. The fraction of sp³-hybridized carbons (Fsp3) is 0.529. The molecule has 1 aromatic rings. The molecule has 1 aliphatic heterocycles. The highest BCUT2D eigenvalue weighted by atomic mass is 16.5. The second-order valence-electron chi connectivity index (χ2n) is 5.64. The summed E-state index contributed by atoms with van der Waals surface area (Å²) in [5.41, 5.74) is 3.06. The largest absolute Gasteiger partial charge is 0.497 e. The Labute approximate surface area is 115 Å². The minimum absolute atomic E-state index is 0.383. The highest BCUT2D eigenvalue weighted by Crippen LogP contribution is 2.31. The quantitative estimate of drug-likeness (QED) is 0.898. The number of hydrogen-bond donors (Lipinski definition) is 1. The van der Waals surface area contributed by atoms with Gasteiger partial charge in [0.1, 0.15) is 5.76 Å². The van der Waals surface area contributed by atoms with E-state index in [1.807, 2.05) is 0 Å². The first-order valence-electron chi connectivity index (χ1n) is 7.45. The topological polar surface area (TPSA) is 21.3 Å². The molecule has 19 heavy (non-hydrogen) atoms. The molecule has 1 aromatic carbocycles. The Bertz CT molecular complexity index is 466. The summed E-state index contributed by atoms with van der Waals surface area (Å²) in [7, 11) is 2.06. The molecule has 2 atom stereocenters. The molecular weight excluding hydrogens is 234 g/mol. The Hall–Kier alpha value is -1.28. The summed E-state index contributed by atoms with van der Waals surface area (Å²) in [6.45, 7) is 0.882. The van der Waals surface area contributed by atoms with Crippen LogP contribution in [0.25, 0.3) is 0 Å². The first-order valence-corrected chi connectivity index (χ1v) is 7.45. The van der Waals surface area contributed by atoms with Crippen LogP contribution < -0.4 is 5.32 Å². The van der Waals surface area contributed by atoms with Crippen LogP contribution >= 0.6 is 0 Å². The summed E-state index contributed by atoms with van der Waals surface area (Å²) >= 11 is 0. The second-order valence-corrected chi connectivity index (χ2v) is 5.64. The third-order valence-electron chi connectivity index (χ3n) is 4.44. The monoisotopic (exact) mass is 257 g/mol. The van der Waals surface area contributed by atoms with Crippen LogP contribution in [0, 0.1) is 5.92 Å². The molecule has 0 aromatic heterocycles. The van der Waals surface area contributed by atoms with Gasteiger partial charge in [0.2, 0.25) is 0 Å². The molecule has 2 aliphatic rings. The van der Waals surface area contributed by atoms with Gasteiger partial charge in [-0.1, -0.05) is 24.3 Å². The lowest BCUT2D eigenvalue weighted by Gasteiger charge is -2.33. The van der Waals surface area contributed by atoms with Crippen molar-refractivity contribution < 1.29 is 4.74 Å². The zero-order chi connectivity index (χ0) is 13.1. The van der Waals surface area contributed by atoms with Crippen LogP contribution in [0.4, 0.5) is 0 Å². The van der Waals surface area contributed by atoms with Gasteiger partial charge in [0.25, 0.3) is 0 Å². The fourth-order valence-electron chi connectivity index (χ4n) is 3.41. The average Bonchev–Trinajstić information content (AvgIpc) is 2.49. The predicted octanol–water partition coefficient (Wildman–Crippen LogP) is 3.07. The van der Waals surface area contributed by atoms with Crippen LogP contribution in [0.1, 0.15) is 30.4 Å². The molecule has 0 radical (unpaired) electrons. The molecule has 2 heteroatoms. The zero-order valence-corrected chi connectivity index (χ0v) is 11.7. The summed E-state index contributed by atoms with van der Waals surface area (Å²) < 4.78 is 5.87. The molecule has 1 aliphatic carbocycles. The summed E-state index contributed by atoms with van der Waals surface area (Å²) in [4.78, 5) is 0. The summed E-state index contributed by atoms with van der Waals surface area (Å²) in [5, 5.41) is 3.48. The molecule has 0 spiro atoms. The Morgan fingerprint density at radius 1 is 1.26 bits per heavy atom. The van der Waals surface area contributed by atoms with E-state index in [2.05, 4.69) is 42.7 Å². The number of fused-ring (bicyclic) bond motifs is 1. The second kappa shape index (κ2) is 5.79. The van der Waals surface area contributed by atoms with Crippen LogP contribution in [0.5, 0.6) is 0 Å². The van der Waals surface area contributed by atoms with E-state index in [9.17, 15) is 0 Å². The third-order valence-corrected chi connectivity index (χ3v) is 4.44. The van der Waals surface area contributed by atoms with E-state index in [1.165, 1.54) is 36.1 Å². The van der Waals surface area contributed by atoms with Crippen LogP contribution in [-0.2, 0) is 17.6 Å². The van der Waals surface area contributed by atoms with Crippen LogP contribution in [-0.4, -0.2) is 19.7 Å². The molecule has 0 saturated carbocycles. The zero-order valence-electron chi connectivity index (χ0n) is 11.7. The van der Waals surface area contributed by atoms with E-state index >= 15 is 0 Å². The number of rotatable bonds is 3. The van der Waals surface area contributed by atoms with E-state index in [-0.39, 0.29) is 0 Å². The Morgan fingerprint density at radius 2 is 2.11 bits per heavy atom.